The average molecular weight is 911 g/mol. The fraction of sp³-hybridized carbons (Fsp3) is 0.490. The summed E-state index contributed by atoms with van der Waals surface area (Å²) in [5, 5.41) is 30.2. The van der Waals surface area contributed by atoms with Crippen LogP contribution in [0.1, 0.15) is 82.8 Å². The number of rotatable bonds is 14. The summed E-state index contributed by atoms with van der Waals surface area (Å²) in [4.78, 5) is 89.0. The number of amides is 5. The number of aryl methyl sites for hydroxylation is 1. The second kappa shape index (κ2) is 17.7. The standard InChI is InChI=1S/C49H55FN4O12/c1-25-9-12-35(64-24-28-7-6-8-30(19-28)53-45(63)27(3)52-44(62)26(2)51-38(59)16-18-54-39(60)13-14-40(54)61)43(50)41(25)46-65-37-21-33-32-11-10-29-20-31(56)15-17-47(29,4)42(32)34(57)22-48(33,5)49(37,66-46)36(58)23-55/h6-9,12-15,17,19-20,26-27,32-34,37,42,46,55,57H,10-11,16,18,21-24H2,1-5H3,(H,51,59)(H,52,62)(H,53,63)/t26?,27?,32-,33-,34-,37+,42+,46?,47-,48-,49+/m0/s1. The molecule has 6 aliphatic rings. The second-order valence-corrected chi connectivity index (χ2v) is 18.9. The molecule has 4 aliphatic carbocycles. The molecule has 2 aliphatic heterocycles. The van der Waals surface area contributed by atoms with Gasteiger partial charge in [0.15, 0.2) is 35.0 Å². The number of benzene rings is 2. The third-order valence-corrected chi connectivity index (χ3v) is 15.0. The molecule has 0 aromatic heterocycles. The van der Waals surface area contributed by atoms with Crippen molar-refractivity contribution in [2.75, 3.05) is 18.5 Å². The van der Waals surface area contributed by atoms with Gasteiger partial charge >= 0.3 is 0 Å². The lowest BCUT2D eigenvalue weighted by Gasteiger charge is -2.59. The van der Waals surface area contributed by atoms with Gasteiger partial charge in [-0.25, -0.2) is 4.39 Å². The fourth-order valence-corrected chi connectivity index (χ4v) is 11.7. The molecule has 0 bridgehead atoms. The topological polar surface area (TPSA) is 227 Å². The summed E-state index contributed by atoms with van der Waals surface area (Å²) in [6.45, 7) is 7.46. The molecule has 17 heteroatoms. The van der Waals surface area contributed by atoms with Crippen LogP contribution in [-0.2, 0) is 49.6 Å². The lowest BCUT2D eigenvalue weighted by atomic mass is 9.46. The molecular formula is C49H55FN4O12. The maximum absolute atomic E-state index is 16.7. The number of fused-ring (bicyclic) bond motifs is 7. The van der Waals surface area contributed by atoms with Gasteiger partial charge in [-0.3, -0.25) is 38.5 Å². The van der Waals surface area contributed by atoms with Gasteiger partial charge in [0.05, 0.1) is 17.8 Å². The number of halogens is 1. The number of hydrogen-bond acceptors (Lipinski definition) is 12. The predicted octanol–water partition coefficient (Wildman–Crippen LogP) is 3.58. The Hall–Kier alpha value is -5.88. The number of ether oxygens (including phenoxy) is 3. The molecule has 3 saturated carbocycles. The zero-order valence-electron chi connectivity index (χ0n) is 37.4. The van der Waals surface area contributed by atoms with Crippen LogP contribution in [0.15, 0.2) is 72.4 Å². The fourth-order valence-electron chi connectivity index (χ4n) is 11.7. The van der Waals surface area contributed by atoms with E-state index >= 15 is 4.39 Å². The van der Waals surface area contributed by atoms with Crippen molar-refractivity contribution in [3.05, 3.63) is 94.9 Å². The van der Waals surface area contributed by atoms with Gasteiger partial charge in [0.2, 0.25) is 17.7 Å². The maximum atomic E-state index is 16.7. The number of hydrogen-bond donors (Lipinski definition) is 5. The Morgan fingerprint density at radius 2 is 1.73 bits per heavy atom. The zero-order chi connectivity index (χ0) is 47.5. The Balaban J connectivity index is 0.901. The number of nitrogens with one attached hydrogen (secondary N) is 3. The molecule has 3 unspecified atom stereocenters. The number of ketones is 2. The van der Waals surface area contributed by atoms with Crippen LogP contribution in [0.2, 0.25) is 0 Å². The highest BCUT2D eigenvalue weighted by Gasteiger charge is 2.76. The molecule has 0 radical (unpaired) electrons. The van der Waals surface area contributed by atoms with Gasteiger partial charge in [-0.05, 0) is 99.8 Å². The van der Waals surface area contributed by atoms with Gasteiger partial charge in [0, 0.05) is 47.6 Å². The molecule has 16 nitrogen and oxygen atoms in total. The van der Waals surface area contributed by atoms with Crippen molar-refractivity contribution in [3.63, 3.8) is 0 Å². The highest BCUT2D eigenvalue weighted by atomic mass is 19.1. The first-order valence-corrected chi connectivity index (χ1v) is 22.4. The molecule has 350 valence electrons. The van der Waals surface area contributed by atoms with E-state index in [0.29, 0.717) is 36.1 Å². The van der Waals surface area contributed by atoms with E-state index in [1.807, 2.05) is 13.0 Å². The van der Waals surface area contributed by atoms with Crippen LogP contribution in [0.25, 0.3) is 0 Å². The Morgan fingerprint density at radius 3 is 2.45 bits per heavy atom. The number of anilines is 1. The molecule has 4 fully saturated rings. The van der Waals surface area contributed by atoms with E-state index in [-0.39, 0.29) is 60.8 Å². The first kappa shape index (κ1) is 46.6. The largest absolute Gasteiger partial charge is 0.486 e. The van der Waals surface area contributed by atoms with Crippen LogP contribution in [0, 0.1) is 41.3 Å². The highest BCUT2D eigenvalue weighted by molar-refractivity contribution is 6.13. The molecule has 11 atom stereocenters. The highest BCUT2D eigenvalue weighted by Crippen LogP contribution is 2.70. The second-order valence-electron chi connectivity index (χ2n) is 18.9. The van der Waals surface area contributed by atoms with E-state index < -0.39 is 94.8 Å². The Labute approximate surface area is 381 Å². The first-order valence-electron chi connectivity index (χ1n) is 22.4. The minimum Gasteiger partial charge on any atom is -0.486 e. The van der Waals surface area contributed by atoms with Crippen molar-refractivity contribution >= 4 is 46.8 Å². The van der Waals surface area contributed by atoms with Gasteiger partial charge in [0.1, 0.15) is 25.3 Å². The summed E-state index contributed by atoms with van der Waals surface area (Å²) < 4.78 is 35.9. The maximum Gasteiger partial charge on any atom is 0.253 e. The Kier molecular flexibility index (Phi) is 12.5. The lowest BCUT2D eigenvalue weighted by molar-refractivity contribution is -0.201. The van der Waals surface area contributed by atoms with E-state index in [2.05, 4.69) is 22.9 Å². The smallest absolute Gasteiger partial charge is 0.253 e. The van der Waals surface area contributed by atoms with E-state index in [1.165, 1.54) is 19.9 Å². The van der Waals surface area contributed by atoms with Crippen molar-refractivity contribution in [2.24, 2.45) is 28.6 Å². The van der Waals surface area contributed by atoms with Gasteiger partial charge < -0.3 is 40.4 Å². The number of imide groups is 1. The number of allylic oxidation sites excluding steroid dienone is 4. The summed E-state index contributed by atoms with van der Waals surface area (Å²) in [6, 6.07) is 7.70. The third kappa shape index (κ3) is 7.98. The molecule has 8 rings (SSSR count). The number of aliphatic hydroxyl groups is 2. The number of carbonyl (C=O) groups is 7. The molecule has 2 aromatic rings. The van der Waals surface area contributed by atoms with E-state index in [1.54, 1.807) is 49.4 Å². The zero-order valence-corrected chi connectivity index (χ0v) is 37.4. The first-order chi connectivity index (χ1) is 31.3. The minimum atomic E-state index is -1.67. The lowest BCUT2D eigenvalue weighted by Crippen LogP contribution is -2.63. The number of nitrogens with zero attached hydrogens (tertiary/aromatic N) is 1. The van der Waals surface area contributed by atoms with Crippen molar-refractivity contribution in [1.29, 1.82) is 0 Å². The summed E-state index contributed by atoms with van der Waals surface area (Å²) in [5.74, 6) is -4.75. The summed E-state index contributed by atoms with van der Waals surface area (Å²) in [7, 11) is 0. The van der Waals surface area contributed by atoms with Crippen LogP contribution in [0.5, 0.6) is 5.75 Å². The van der Waals surface area contributed by atoms with Crippen LogP contribution in [-0.4, -0.2) is 99.3 Å². The van der Waals surface area contributed by atoms with Gasteiger partial charge in [-0.15, -0.1) is 0 Å². The van der Waals surface area contributed by atoms with Gasteiger partial charge in [-0.2, -0.15) is 0 Å². The van der Waals surface area contributed by atoms with Crippen molar-refractivity contribution in [3.8, 4) is 5.75 Å². The van der Waals surface area contributed by atoms with Crippen molar-refractivity contribution < 1.29 is 62.4 Å². The number of aliphatic hydroxyl groups excluding tert-OH is 2. The Bertz CT molecular complexity index is 2470. The molecule has 1 saturated heterocycles. The van der Waals surface area contributed by atoms with Crippen LogP contribution >= 0.6 is 0 Å². The van der Waals surface area contributed by atoms with Gasteiger partial charge in [-0.1, -0.05) is 43.7 Å². The number of Topliss-reactive ketones (excluding diaryl/α,β-unsaturated/α-hetero) is 1. The molecule has 0 spiro atoms. The molecular weight excluding hydrogens is 856 g/mol. The van der Waals surface area contributed by atoms with E-state index in [4.69, 9.17) is 14.2 Å². The summed E-state index contributed by atoms with van der Waals surface area (Å²) in [6.07, 6.45) is 6.06. The van der Waals surface area contributed by atoms with Crippen molar-refractivity contribution in [2.45, 2.75) is 110 Å². The van der Waals surface area contributed by atoms with Crippen LogP contribution in [0.3, 0.4) is 0 Å². The van der Waals surface area contributed by atoms with Crippen LogP contribution in [0.4, 0.5) is 10.1 Å². The van der Waals surface area contributed by atoms with Crippen LogP contribution < -0.4 is 20.7 Å². The monoisotopic (exact) mass is 910 g/mol. The predicted molar refractivity (Wildman–Crippen MR) is 233 cm³/mol. The quantitative estimate of drug-likeness (QED) is 0.172. The summed E-state index contributed by atoms with van der Waals surface area (Å²) in [5.41, 5.74) is -0.745. The van der Waals surface area contributed by atoms with Gasteiger partial charge in [0.25, 0.3) is 11.8 Å². The van der Waals surface area contributed by atoms with E-state index in [0.717, 1.165) is 22.6 Å². The third-order valence-electron chi connectivity index (χ3n) is 15.0. The minimum absolute atomic E-state index is 0.0388. The molecule has 66 heavy (non-hydrogen) atoms. The Morgan fingerprint density at radius 1 is 1.00 bits per heavy atom. The molecule has 2 aromatic carbocycles. The SMILES string of the molecule is Cc1ccc(OCc2cccc(NC(=O)C(C)NC(=O)C(C)NC(=O)CCN3C(=O)C=CC3=O)c2)c(F)c1C1O[C@@H]2C[C@H]3[C@@H]4CCC5=CC(=O)C=C[C@]5(C)[C@H]4[C@@H](O)C[C@]3(C)[C@]2(C(=O)CO)O1. The van der Waals surface area contributed by atoms with E-state index in [9.17, 15) is 43.8 Å². The summed E-state index contributed by atoms with van der Waals surface area (Å²) >= 11 is 0. The molecule has 5 N–H and O–H groups in total. The average Bonchev–Trinajstić information content (AvgIpc) is 3.89. The molecule has 5 amide bonds. The molecule has 2 heterocycles. The normalized spacial score (nSPS) is 31.5. The number of carbonyl (C=O) groups excluding carboxylic acids is 7. The van der Waals surface area contributed by atoms with Crippen molar-refractivity contribution in [1.82, 2.24) is 15.5 Å².